The average Bonchev–Trinajstić information content (AvgIpc) is 2.96. The van der Waals surface area contributed by atoms with Gasteiger partial charge in [0.2, 0.25) is 0 Å². The van der Waals surface area contributed by atoms with E-state index in [1.54, 1.807) is 32.9 Å². The van der Waals surface area contributed by atoms with Crippen LogP contribution in [-0.2, 0) is 23.8 Å². The van der Waals surface area contributed by atoms with Gasteiger partial charge in [0.1, 0.15) is 16.9 Å². The van der Waals surface area contributed by atoms with Crippen molar-refractivity contribution in [3.8, 4) is 5.75 Å². The van der Waals surface area contributed by atoms with Gasteiger partial charge >= 0.3 is 18.0 Å². The van der Waals surface area contributed by atoms with E-state index >= 15 is 0 Å². The first kappa shape index (κ1) is 24.2. The van der Waals surface area contributed by atoms with E-state index in [-0.39, 0.29) is 31.2 Å². The van der Waals surface area contributed by atoms with Gasteiger partial charge in [-0.25, -0.2) is 4.79 Å². The molecule has 9 nitrogen and oxygen atoms in total. The molecule has 1 aromatic rings. The van der Waals surface area contributed by atoms with E-state index in [2.05, 4.69) is 0 Å². The van der Waals surface area contributed by atoms with E-state index in [1.165, 1.54) is 32.3 Å². The number of Topliss-reactive ketones (excluding diaryl/α,β-unsaturated/α-hetero) is 1. The lowest BCUT2D eigenvalue weighted by Crippen LogP contribution is -2.55. The molecule has 0 unspecified atom stereocenters. The predicted octanol–water partition coefficient (Wildman–Crippen LogP) is 3.28. The number of anilines is 1. The Morgan fingerprint density at radius 1 is 0.968 bits per heavy atom. The highest BCUT2D eigenvalue weighted by Crippen LogP contribution is 2.46. The van der Waals surface area contributed by atoms with Crippen molar-refractivity contribution in [1.82, 2.24) is 0 Å². The molecule has 0 atom stereocenters. The number of fused-ring (bicyclic) bond motifs is 1. The molecule has 0 radical (unpaired) electrons. The lowest BCUT2D eigenvalue weighted by atomic mass is 9.83. The molecule has 1 aromatic carbocycles. The maximum absolute atomic E-state index is 13.7. The molecular weight excluding hydrogens is 406 g/mol. The standard InChI is InChI=1S/C22H29NO8/c1-21(2,3)31-20(27)23-16-8-7-14(28-4)13-15(16)19(26)22(23,11-9-17(24)29-5)12-10-18(25)30-6/h7-8,13H,9-12H2,1-6H3. The molecule has 0 saturated heterocycles. The average molecular weight is 435 g/mol. The molecule has 170 valence electrons. The number of ketones is 1. The van der Waals surface area contributed by atoms with Crippen LogP contribution in [0.2, 0.25) is 0 Å². The van der Waals surface area contributed by atoms with Crippen LogP contribution in [0.15, 0.2) is 18.2 Å². The number of benzene rings is 1. The third-order valence-corrected chi connectivity index (χ3v) is 5.06. The van der Waals surface area contributed by atoms with Crippen LogP contribution in [0.25, 0.3) is 0 Å². The number of carbonyl (C=O) groups is 4. The monoisotopic (exact) mass is 435 g/mol. The molecule has 2 rings (SSSR count). The lowest BCUT2D eigenvalue weighted by Gasteiger charge is -2.38. The van der Waals surface area contributed by atoms with E-state index < -0.39 is 35.0 Å². The molecule has 1 amide bonds. The van der Waals surface area contributed by atoms with E-state index in [0.717, 1.165) is 0 Å². The first-order valence-electron chi connectivity index (χ1n) is 9.88. The van der Waals surface area contributed by atoms with E-state index in [1.807, 2.05) is 0 Å². The summed E-state index contributed by atoms with van der Waals surface area (Å²) in [4.78, 5) is 52.0. The Hall–Kier alpha value is -3.10. The van der Waals surface area contributed by atoms with Crippen LogP contribution >= 0.6 is 0 Å². The van der Waals surface area contributed by atoms with Crippen molar-refractivity contribution in [1.29, 1.82) is 0 Å². The van der Waals surface area contributed by atoms with Gasteiger partial charge in [0.05, 0.1) is 27.0 Å². The molecule has 1 aliphatic rings. The minimum Gasteiger partial charge on any atom is -0.497 e. The Labute approximate surface area is 181 Å². The molecule has 0 aromatic heterocycles. The fourth-order valence-corrected chi connectivity index (χ4v) is 3.58. The summed E-state index contributed by atoms with van der Waals surface area (Å²) in [6.45, 7) is 5.13. The lowest BCUT2D eigenvalue weighted by molar-refractivity contribution is -0.141. The van der Waals surface area contributed by atoms with Gasteiger partial charge < -0.3 is 18.9 Å². The zero-order chi connectivity index (χ0) is 23.4. The summed E-state index contributed by atoms with van der Waals surface area (Å²) in [6, 6.07) is 4.75. The first-order chi connectivity index (χ1) is 14.5. The summed E-state index contributed by atoms with van der Waals surface area (Å²) in [5, 5.41) is 0. The fraction of sp³-hybridized carbons (Fsp3) is 0.545. The summed E-state index contributed by atoms with van der Waals surface area (Å²) in [5.41, 5.74) is -1.76. The number of esters is 2. The van der Waals surface area contributed by atoms with E-state index in [0.29, 0.717) is 11.4 Å². The van der Waals surface area contributed by atoms with E-state index in [9.17, 15) is 19.2 Å². The number of ether oxygens (including phenoxy) is 4. The Bertz CT molecular complexity index is 851. The van der Waals surface area contributed by atoms with Crippen LogP contribution in [0.1, 0.15) is 56.8 Å². The first-order valence-corrected chi connectivity index (χ1v) is 9.88. The maximum Gasteiger partial charge on any atom is 0.415 e. The molecule has 1 heterocycles. The van der Waals surface area contributed by atoms with Crippen molar-refractivity contribution in [2.75, 3.05) is 26.2 Å². The van der Waals surface area contributed by atoms with Gasteiger partial charge in [-0.2, -0.15) is 0 Å². The molecule has 9 heteroatoms. The summed E-state index contributed by atoms with van der Waals surface area (Å²) in [6.07, 6.45) is -1.11. The molecule has 0 spiro atoms. The zero-order valence-corrected chi connectivity index (χ0v) is 18.8. The van der Waals surface area contributed by atoms with Crippen LogP contribution in [-0.4, -0.2) is 56.3 Å². The van der Waals surface area contributed by atoms with Crippen molar-refractivity contribution >= 4 is 29.5 Å². The van der Waals surface area contributed by atoms with Gasteiger partial charge in [-0.05, 0) is 51.8 Å². The SMILES string of the molecule is COC(=O)CCC1(CCC(=O)OC)C(=O)c2cc(OC)ccc2N1C(=O)OC(C)(C)C. The zero-order valence-electron chi connectivity index (χ0n) is 18.8. The smallest absolute Gasteiger partial charge is 0.415 e. The van der Waals surface area contributed by atoms with Crippen LogP contribution in [0, 0.1) is 0 Å². The summed E-state index contributed by atoms with van der Waals surface area (Å²) in [7, 11) is 3.95. The van der Waals surface area contributed by atoms with Crippen molar-refractivity contribution in [2.45, 2.75) is 57.6 Å². The Balaban J connectivity index is 2.62. The van der Waals surface area contributed by atoms with Crippen molar-refractivity contribution in [3.05, 3.63) is 23.8 Å². The number of hydrogen-bond donors (Lipinski definition) is 0. The van der Waals surface area contributed by atoms with Gasteiger partial charge in [0.15, 0.2) is 5.78 Å². The third-order valence-electron chi connectivity index (χ3n) is 5.06. The van der Waals surface area contributed by atoms with Crippen molar-refractivity contribution < 1.29 is 38.1 Å². The normalized spacial score (nSPS) is 14.6. The number of hydrogen-bond acceptors (Lipinski definition) is 8. The number of rotatable bonds is 7. The Kier molecular flexibility index (Phi) is 7.30. The summed E-state index contributed by atoms with van der Waals surface area (Å²) in [5.74, 6) is -1.04. The highest BCUT2D eigenvalue weighted by molar-refractivity contribution is 6.20. The number of carbonyl (C=O) groups excluding carboxylic acids is 4. The third kappa shape index (κ3) is 5.15. The second-order valence-electron chi connectivity index (χ2n) is 8.21. The molecule has 0 aliphatic carbocycles. The van der Waals surface area contributed by atoms with Gasteiger partial charge in [-0.3, -0.25) is 19.3 Å². The molecule has 0 N–H and O–H groups in total. The molecule has 0 bridgehead atoms. The summed E-state index contributed by atoms with van der Waals surface area (Å²) >= 11 is 0. The largest absolute Gasteiger partial charge is 0.497 e. The Morgan fingerprint density at radius 2 is 1.52 bits per heavy atom. The van der Waals surface area contributed by atoms with Gasteiger partial charge in [-0.15, -0.1) is 0 Å². The quantitative estimate of drug-likeness (QED) is 0.474. The number of nitrogens with zero attached hydrogens (tertiary/aromatic N) is 1. The van der Waals surface area contributed by atoms with Crippen LogP contribution in [0.4, 0.5) is 10.5 Å². The van der Waals surface area contributed by atoms with Gasteiger partial charge in [0.25, 0.3) is 0 Å². The second-order valence-corrected chi connectivity index (χ2v) is 8.21. The molecule has 31 heavy (non-hydrogen) atoms. The summed E-state index contributed by atoms with van der Waals surface area (Å²) < 4.78 is 20.3. The van der Waals surface area contributed by atoms with Crippen LogP contribution in [0.5, 0.6) is 5.75 Å². The minimum absolute atomic E-state index is 0.0499. The highest BCUT2D eigenvalue weighted by Gasteiger charge is 2.55. The molecular formula is C22H29NO8. The number of amides is 1. The molecule has 1 aliphatic heterocycles. The van der Waals surface area contributed by atoms with Gasteiger partial charge in [-0.1, -0.05) is 0 Å². The maximum atomic E-state index is 13.7. The minimum atomic E-state index is -1.51. The number of methoxy groups -OCH3 is 3. The molecule has 0 saturated carbocycles. The van der Waals surface area contributed by atoms with E-state index in [4.69, 9.17) is 18.9 Å². The van der Waals surface area contributed by atoms with Gasteiger partial charge in [0, 0.05) is 18.4 Å². The van der Waals surface area contributed by atoms with Crippen molar-refractivity contribution in [3.63, 3.8) is 0 Å². The van der Waals surface area contributed by atoms with Crippen molar-refractivity contribution in [2.24, 2.45) is 0 Å². The molecule has 0 fully saturated rings. The predicted molar refractivity (Wildman–Crippen MR) is 111 cm³/mol. The van der Waals surface area contributed by atoms with Crippen LogP contribution in [0.3, 0.4) is 0 Å². The fourth-order valence-electron chi connectivity index (χ4n) is 3.58. The topological polar surface area (TPSA) is 108 Å². The highest BCUT2D eigenvalue weighted by atomic mass is 16.6. The van der Waals surface area contributed by atoms with Crippen LogP contribution < -0.4 is 9.64 Å². The second kappa shape index (κ2) is 9.36. The Morgan fingerprint density at radius 3 is 1.97 bits per heavy atom.